The van der Waals surface area contributed by atoms with Gasteiger partial charge in [-0.15, -0.1) is 11.8 Å². The van der Waals surface area contributed by atoms with E-state index in [2.05, 4.69) is 6.08 Å². The number of thioether (sulfide) groups is 1. The molecule has 0 radical (unpaired) electrons. The van der Waals surface area contributed by atoms with Crippen LogP contribution in [0.15, 0.2) is 103 Å². The van der Waals surface area contributed by atoms with Crippen LogP contribution in [0.5, 0.6) is 0 Å². The van der Waals surface area contributed by atoms with Gasteiger partial charge in [0.25, 0.3) is 5.91 Å². The molecule has 1 N–H and O–H groups in total. The summed E-state index contributed by atoms with van der Waals surface area (Å²) in [5.41, 5.74) is 3.40. The summed E-state index contributed by atoms with van der Waals surface area (Å²) in [5.74, 6) is -2.16. The molecule has 0 saturated carbocycles. The molecule has 6 atom stereocenters. The second-order valence-electron chi connectivity index (χ2n) is 13.1. The Hall–Kier alpha value is -3.85. The number of carbonyl (C=O) groups is 3. The predicted octanol–water partition coefficient (Wildman–Crippen LogP) is 5.44. The number of hydrogen-bond acceptors (Lipinski definition) is 5. The summed E-state index contributed by atoms with van der Waals surface area (Å²) in [7, 11) is 0. The van der Waals surface area contributed by atoms with E-state index in [1.807, 2.05) is 110 Å². The number of hydrogen-bond donors (Lipinski definition) is 1. The largest absolute Gasteiger partial charge is 0.394 e. The third-order valence-electron chi connectivity index (χ3n) is 10.2. The fourth-order valence-electron chi connectivity index (χ4n) is 8.15. The average Bonchev–Trinajstić information content (AvgIpc) is 3.35. The van der Waals surface area contributed by atoms with E-state index < -0.39 is 33.4 Å². The molecule has 3 amide bonds. The molecular formula is C38H38ClN3O4S. The Morgan fingerprint density at radius 3 is 2.21 bits per heavy atom. The van der Waals surface area contributed by atoms with Gasteiger partial charge in [-0.1, -0.05) is 109 Å². The zero-order valence-corrected chi connectivity index (χ0v) is 28.0. The molecule has 4 aliphatic heterocycles. The molecule has 4 aliphatic rings. The second kappa shape index (κ2) is 12.3. The third-order valence-corrected chi connectivity index (χ3v) is 12.3. The minimum Gasteiger partial charge on any atom is -0.394 e. The number of benzene rings is 3. The minimum atomic E-state index is -1.04. The van der Waals surface area contributed by atoms with Crippen LogP contribution < -0.4 is 4.90 Å². The van der Waals surface area contributed by atoms with Crippen LogP contribution in [-0.4, -0.2) is 73.9 Å². The van der Waals surface area contributed by atoms with E-state index >= 15 is 9.59 Å². The molecule has 47 heavy (non-hydrogen) atoms. The lowest BCUT2D eigenvalue weighted by Gasteiger charge is -2.40. The molecule has 0 bridgehead atoms. The monoisotopic (exact) mass is 667 g/mol. The predicted molar refractivity (Wildman–Crippen MR) is 186 cm³/mol. The summed E-state index contributed by atoms with van der Waals surface area (Å²) in [5, 5.41) is 11.3. The van der Waals surface area contributed by atoms with Crippen molar-refractivity contribution in [3.8, 4) is 0 Å². The van der Waals surface area contributed by atoms with Gasteiger partial charge < -0.3 is 19.8 Å². The van der Waals surface area contributed by atoms with Crippen molar-refractivity contribution in [1.29, 1.82) is 0 Å². The maximum atomic E-state index is 15.1. The average molecular weight is 668 g/mol. The number of amides is 3. The molecule has 7 rings (SSSR count). The van der Waals surface area contributed by atoms with Crippen molar-refractivity contribution in [1.82, 2.24) is 9.80 Å². The van der Waals surface area contributed by atoms with Crippen molar-refractivity contribution in [2.24, 2.45) is 11.8 Å². The number of rotatable bonds is 7. The fraction of sp³-hybridized carbons (Fsp3) is 0.342. The number of nitrogens with zero attached hydrogens (tertiary/aromatic N) is 3. The maximum Gasteiger partial charge on any atom is 0.251 e. The number of likely N-dealkylation sites (tertiary alicyclic amines) is 1. The van der Waals surface area contributed by atoms with Crippen molar-refractivity contribution in [2.45, 2.75) is 48.4 Å². The van der Waals surface area contributed by atoms with E-state index in [0.29, 0.717) is 30.2 Å². The molecule has 3 aromatic carbocycles. The van der Waals surface area contributed by atoms with Crippen LogP contribution in [0.25, 0.3) is 0 Å². The quantitative estimate of drug-likeness (QED) is 0.340. The maximum absolute atomic E-state index is 15.1. The molecule has 7 nitrogen and oxygen atoms in total. The number of carbonyl (C=O) groups excluding carboxylic acids is 3. The van der Waals surface area contributed by atoms with E-state index in [9.17, 15) is 9.90 Å². The molecular weight excluding hydrogens is 630 g/mol. The van der Waals surface area contributed by atoms with Crippen molar-refractivity contribution >= 4 is 46.8 Å². The van der Waals surface area contributed by atoms with Gasteiger partial charge in [0.2, 0.25) is 11.8 Å². The Morgan fingerprint density at radius 2 is 1.53 bits per heavy atom. The molecule has 0 aliphatic carbocycles. The Kier molecular flexibility index (Phi) is 8.31. The first-order valence-electron chi connectivity index (χ1n) is 16.1. The van der Waals surface area contributed by atoms with Gasteiger partial charge in [0, 0.05) is 24.4 Å². The minimum absolute atomic E-state index is 0.0998. The van der Waals surface area contributed by atoms with E-state index in [0.717, 1.165) is 16.7 Å². The first kappa shape index (κ1) is 31.7. The molecule has 2 fully saturated rings. The number of aryl methyl sites for hydroxylation is 1. The number of anilines is 1. The summed E-state index contributed by atoms with van der Waals surface area (Å²) < 4.78 is -1.78. The van der Waals surface area contributed by atoms with Crippen LogP contribution in [0.3, 0.4) is 0 Å². The van der Waals surface area contributed by atoms with Crippen LogP contribution in [-0.2, 0) is 27.3 Å². The number of fused-ring (bicyclic) bond motifs is 2. The summed E-state index contributed by atoms with van der Waals surface area (Å²) in [6, 6.07) is 23.4. The number of aliphatic hydroxyl groups excluding tert-OH is 1. The normalized spacial score (nSPS) is 29.0. The highest BCUT2D eigenvalue weighted by molar-refractivity contribution is 8.02. The van der Waals surface area contributed by atoms with Gasteiger partial charge in [0.15, 0.2) is 0 Å². The molecule has 9 heteroatoms. The smallest absolute Gasteiger partial charge is 0.251 e. The van der Waals surface area contributed by atoms with Gasteiger partial charge in [-0.25, -0.2) is 0 Å². The molecule has 1 unspecified atom stereocenters. The Morgan fingerprint density at radius 1 is 0.851 bits per heavy atom. The van der Waals surface area contributed by atoms with Crippen molar-refractivity contribution in [3.05, 3.63) is 125 Å². The lowest BCUT2D eigenvalue weighted by molar-refractivity contribution is -0.145. The molecule has 2 saturated heterocycles. The summed E-state index contributed by atoms with van der Waals surface area (Å²) in [6.45, 7) is 4.73. The first-order valence-corrected chi connectivity index (χ1v) is 17.3. The van der Waals surface area contributed by atoms with Crippen LogP contribution in [0.2, 0.25) is 5.02 Å². The third kappa shape index (κ3) is 5.21. The van der Waals surface area contributed by atoms with Gasteiger partial charge in [0.05, 0.1) is 39.9 Å². The Bertz CT molecular complexity index is 1750. The van der Waals surface area contributed by atoms with E-state index in [1.54, 1.807) is 27.6 Å². The highest BCUT2D eigenvalue weighted by atomic mass is 35.5. The van der Waals surface area contributed by atoms with Gasteiger partial charge in [-0.2, -0.15) is 0 Å². The van der Waals surface area contributed by atoms with Crippen molar-refractivity contribution in [3.63, 3.8) is 0 Å². The number of para-hydroxylation sites is 1. The Balaban J connectivity index is 1.36. The summed E-state index contributed by atoms with van der Waals surface area (Å²) in [6.07, 6.45) is 8.42. The fourth-order valence-corrected chi connectivity index (χ4v) is 10.6. The highest BCUT2D eigenvalue weighted by Crippen LogP contribution is 2.66. The van der Waals surface area contributed by atoms with Crippen LogP contribution in [0.1, 0.15) is 23.6 Å². The van der Waals surface area contributed by atoms with E-state index in [1.165, 1.54) is 0 Å². The SMILES string of the molecule is Cc1cccc(Cl)c1N1CC=C[C@]23S[C@]4(C)C=CCN(Cc5ccccc5)C(=O)[C@@H]4[C@H]2C(=O)N([C@@H](CO)Cc2ccccc2)C3C1=O. The Labute approximate surface area is 284 Å². The molecule has 1 spiro atoms. The van der Waals surface area contributed by atoms with Gasteiger partial charge in [-0.3, -0.25) is 14.4 Å². The van der Waals surface area contributed by atoms with Crippen LogP contribution >= 0.6 is 23.4 Å². The molecule has 3 aromatic rings. The summed E-state index contributed by atoms with van der Waals surface area (Å²) in [4.78, 5) is 50.0. The van der Waals surface area contributed by atoms with Crippen LogP contribution in [0.4, 0.5) is 5.69 Å². The summed E-state index contributed by atoms with van der Waals surface area (Å²) >= 11 is 8.28. The topological polar surface area (TPSA) is 81.2 Å². The van der Waals surface area contributed by atoms with E-state index in [-0.39, 0.29) is 30.9 Å². The zero-order chi connectivity index (χ0) is 32.9. The highest BCUT2D eigenvalue weighted by Gasteiger charge is 2.74. The second-order valence-corrected chi connectivity index (χ2v) is 15.3. The number of aliphatic hydroxyl groups is 1. The lowest BCUT2D eigenvalue weighted by Crippen LogP contribution is -2.57. The van der Waals surface area contributed by atoms with Crippen molar-refractivity contribution in [2.75, 3.05) is 24.6 Å². The lowest BCUT2D eigenvalue weighted by atomic mass is 9.74. The molecule has 242 valence electrons. The van der Waals surface area contributed by atoms with Gasteiger partial charge >= 0.3 is 0 Å². The van der Waals surface area contributed by atoms with E-state index in [4.69, 9.17) is 11.6 Å². The van der Waals surface area contributed by atoms with Gasteiger partial charge in [0.1, 0.15) is 6.04 Å². The number of halogens is 1. The van der Waals surface area contributed by atoms with Gasteiger partial charge in [-0.05, 0) is 43.0 Å². The standard InChI is InChI=1S/C38H38ClN3O4S/c1-25-12-9-17-29(39)32(25)41-21-11-19-38-31(35(45)42(33(38)36(41)46)28(24-43)22-26-13-5-3-6-14-26)30-34(44)40(20-10-18-37(30,2)47-38)23-27-15-7-4-8-16-27/h3-19,28,30-31,33,43H,20-24H2,1-2H3/t28-,30+,31+,33?,37-,38+/m1/s1. The van der Waals surface area contributed by atoms with Crippen LogP contribution in [0, 0.1) is 18.8 Å². The molecule has 4 heterocycles. The molecule has 0 aromatic heterocycles. The first-order chi connectivity index (χ1) is 22.7. The van der Waals surface area contributed by atoms with Crippen molar-refractivity contribution < 1.29 is 19.5 Å². The zero-order valence-electron chi connectivity index (χ0n) is 26.5.